The lowest BCUT2D eigenvalue weighted by atomic mass is 10.0. The van der Waals surface area contributed by atoms with E-state index >= 15 is 0 Å². The van der Waals surface area contributed by atoms with Crippen LogP contribution in [0, 0.1) is 11.7 Å². The third kappa shape index (κ3) is 5.36. The lowest BCUT2D eigenvalue weighted by Crippen LogP contribution is -2.47. The Labute approximate surface area is 204 Å². The van der Waals surface area contributed by atoms with Crippen LogP contribution in [0.2, 0.25) is 0 Å². The van der Waals surface area contributed by atoms with E-state index < -0.39 is 39.7 Å². The van der Waals surface area contributed by atoms with Crippen LogP contribution in [0.15, 0.2) is 59.9 Å². The molecule has 13 heteroatoms. The SMILES string of the molecule is C[C@H]1CCN(S(=O)(=O)c2ccc(F)cc2)[C@@H]1C(=O)NCc1cc(-c2ccc(C(F)(F)F)nc2)ncn1. The molecule has 0 bridgehead atoms. The first-order valence-electron chi connectivity index (χ1n) is 10.9. The van der Waals surface area contributed by atoms with Crippen LogP contribution >= 0.6 is 0 Å². The second-order valence-electron chi connectivity index (χ2n) is 8.32. The number of alkyl halides is 3. The highest BCUT2D eigenvalue weighted by Gasteiger charge is 2.43. The molecule has 1 N–H and O–H groups in total. The molecule has 4 rings (SSSR count). The minimum Gasteiger partial charge on any atom is -0.349 e. The van der Waals surface area contributed by atoms with Crippen molar-refractivity contribution >= 4 is 15.9 Å². The molecule has 0 radical (unpaired) electrons. The number of hydrogen-bond acceptors (Lipinski definition) is 6. The molecule has 190 valence electrons. The van der Waals surface area contributed by atoms with Crippen molar-refractivity contribution in [1.29, 1.82) is 0 Å². The smallest absolute Gasteiger partial charge is 0.349 e. The number of sulfonamides is 1. The number of aromatic nitrogens is 3. The Morgan fingerprint density at radius 2 is 1.83 bits per heavy atom. The second kappa shape index (κ2) is 9.90. The van der Waals surface area contributed by atoms with E-state index in [9.17, 15) is 30.8 Å². The molecule has 8 nitrogen and oxygen atoms in total. The van der Waals surface area contributed by atoms with Crippen molar-refractivity contribution in [2.45, 2.75) is 37.0 Å². The maximum atomic E-state index is 13.3. The third-order valence-corrected chi connectivity index (χ3v) is 7.76. The Balaban J connectivity index is 1.47. The number of benzene rings is 1. The maximum Gasteiger partial charge on any atom is 0.433 e. The average molecular weight is 524 g/mol. The molecular weight excluding hydrogens is 502 g/mol. The Hall–Kier alpha value is -3.45. The highest BCUT2D eigenvalue weighted by Crippen LogP contribution is 2.31. The van der Waals surface area contributed by atoms with Gasteiger partial charge in [0.25, 0.3) is 0 Å². The molecule has 0 saturated carbocycles. The number of halogens is 4. The molecule has 0 aliphatic carbocycles. The lowest BCUT2D eigenvalue weighted by Gasteiger charge is -2.25. The Morgan fingerprint density at radius 3 is 2.47 bits per heavy atom. The molecule has 1 amide bonds. The topological polar surface area (TPSA) is 105 Å². The fourth-order valence-electron chi connectivity index (χ4n) is 3.96. The largest absolute Gasteiger partial charge is 0.433 e. The summed E-state index contributed by atoms with van der Waals surface area (Å²) in [5.41, 5.74) is -0.0189. The number of amides is 1. The highest BCUT2D eigenvalue weighted by molar-refractivity contribution is 7.89. The van der Waals surface area contributed by atoms with Crippen LogP contribution in [-0.4, -0.2) is 46.2 Å². The van der Waals surface area contributed by atoms with Gasteiger partial charge < -0.3 is 5.32 Å². The van der Waals surface area contributed by atoms with E-state index in [4.69, 9.17) is 0 Å². The zero-order valence-corrected chi connectivity index (χ0v) is 19.7. The summed E-state index contributed by atoms with van der Waals surface area (Å²) in [6.45, 7) is 1.85. The van der Waals surface area contributed by atoms with Crippen molar-refractivity contribution in [3.8, 4) is 11.3 Å². The minimum absolute atomic E-state index is 0.0595. The number of hydrogen-bond donors (Lipinski definition) is 1. The first-order chi connectivity index (χ1) is 17.0. The van der Waals surface area contributed by atoms with Crippen LogP contribution in [0.3, 0.4) is 0 Å². The van der Waals surface area contributed by atoms with Crippen LogP contribution < -0.4 is 5.32 Å². The zero-order chi connectivity index (χ0) is 26.1. The van der Waals surface area contributed by atoms with Gasteiger partial charge in [0.05, 0.1) is 22.8 Å². The van der Waals surface area contributed by atoms with Gasteiger partial charge in [-0.05, 0) is 54.8 Å². The fourth-order valence-corrected chi connectivity index (χ4v) is 5.66. The highest BCUT2D eigenvalue weighted by atomic mass is 32.2. The number of rotatable bonds is 6. The molecule has 1 saturated heterocycles. The van der Waals surface area contributed by atoms with Crippen molar-refractivity contribution in [2.75, 3.05) is 6.54 Å². The second-order valence-corrected chi connectivity index (χ2v) is 10.2. The fraction of sp³-hybridized carbons (Fsp3) is 0.304. The summed E-state index contributed by atoms with van der Waals surface area (Å²) < 4.78 is 78.8. The van der Waals surface area contributed by atoms with E-state index in [-0.39, 0.29) is 23.9 Å². The van der Waals surface area contributed by atoms with Gasteiger partial charge in [0.2, 0.25) is 15.9 Å². The van der Waals surface area contributed by atoms with E-state index in [0.29, 0.717) is 23.4 Å². The molecule has 0 unspecified atom stereocenters. The molecule has 1 aromatic carbocycles. The summed E-state index contributed by atoms with van der Waals surface area (Å²) in [7, 11) is -4.03. The molecule has 0 spiro atoms. The molecule has 3 heterocycles. The lowest BCUT2D eigenvalue weighted by molar-refractivity contribution is -0.141. The quantitative estimate of drug-likeness (QED) is 0.497. The van der Waals surface area contributed by atoms with Crippen molar-refractivity contribution in [3.05, 3.63) is 72.2 Å². The van der Waals surface area contributed by atoms with Crippen molar-refractivity contribution in [1.82, 2.24) is 24.6 Å². The van der Waals surface area contributed by atoms with Gasteiger partial charge in [-0.25, -0.2) is 22.8 Å². The first-order valence-corrected chi connectivity index (χ1v) is 12.3. The molecule has 1 aliphatic rings. The van der Waals surface area contributed by atoms with Crippen molar-refractivity contribution in [3.63, 3.8) is 0 Å². The minimum atomic E-state index is -4.56. The van der Waals surface area contributed by atoms with Gasteiger partial charge in [-0.1, -0.05) is 6.92 Å². The van der Waals surface area contributed by atoms with Gasteiger partial charge in [0, 0.05) is 18.3 Å². The molecule has 3 aromatic rings. The Morgan fingerprint density at radius 1 is 1.11 bits per heavy atom. The summed E-state index contributed by atoms with van der Waals surface area (Å²) in [5, 5.41) is 2.68. The van der Waals surface area contributed by atoms with Gasteiger partial charge in [0.15, 0.2) is 0 Å². The standard InChI is InChI=1S/C23H21F4N5O3S/c1-14-8-9-32(36(34,35)18-5-3-16(24)4-6-18)21(14)22(33)29-12-17-10-19(31-13-30-17)15-2-7-20(28-11-15)23(25,26)27/h2-7,10-11,13-14,21H,8-9,12H2,1H3,(H,29,33)/t14-,21-/m0/s1. The predicted molar refractivity (Wildman–Crippen MR) is 120 cm³/mol. The molecule has 1 aliphatic heterocycles. The number of nitrogens with zero attached hydrogens (tertiary/aromatic N) is 4. The summed E-state index contributed by atoms with van der Waals surface area (Å²) in [5.74, 6) is -1.37. The normalized spacial score (nSPS) is 18.8. The number of nitrogens with one attached hydrogen (secondary N) is 1. The van der Waals surface area contributed by atoms with Crippen molar-refractivity contribution < 1.29 is 30.8 Å². The van der Waals surface area contributed by atoms with Crippen LogP contribution in [0.4, 0.5) is 17.6 Å². The van der Waals surface area contributed by atoms with Crippen LogP contribution in [0.1, 0.15) is 24.7 Å². The van der Waals surface area contributed by atoms with Crippen LogP contribution in [-0.2, 0) is 27.5 Å². The summed E-state index contributed by atoms with van der Waals surface area (Å²) in [6.07, 6.45) is -1.84. The van der Waals surface area contributed by atoms with Gasteiger partial charge in [-0.3, -0.25) is 9.78 Å². The van der Waals surface area contributed by atoms with E-state index in [1.807, 2.05) is 0 Å². The molecule has 2 atom stereocenters. The van der Waals surface area contributed by atoms with Crippen LogP contribution in [0.5, 0.6) is 0 Å². The molecule has 1 fully saturated rings. The Kier molecular flexibility index (Phi) is 7.05. The summed E-state index contributed by atoms with van der Waals surface area (Å²) in [6, 6.07) is 6.99. The average Bonchev–Trinajstić information content (AvgIpc) is 3.25. The zero-order valence-electron chi connectivity index (χ0n) is 18.9. The molecule has 36 heavy (non-hydrogen) atoms. The number of pyridine rings is 1. The van der Waals surface area contributed by atoms with Gasteiger partial charge in [0.1, 0.15) is 23.9 Å². The third-order valence-electron chi connectivity index (χ3n) is 5.86. The number of carbonyl (C=O) groups is 1. The number of carbonyl (C=O) groups excluding carboxylic acids is 1. The monoisotopic (exact) mass is 523 g/mol. The first kappa shape index (κ1) is 25.6. The summed E-state index contributed by atoms with van der Waals surface area (Å²) >= 11 is 0. The Bertz CT molecular complexity index is 1350. The van der Waals surface area contributed by atoms with E-state index in [2.05, 4.69) is 20.3 Å². The van der Waals surface area contributed by atoms with E-state index in [1.54, 1.807) is 6.92 Å². The molecular formula is C23H21F4N5O3S. The van der Waals surface area contributed by atoms with Crippen molar-refractivity contribution in [2.24, 2.45) is 5.92 Å². The molecule has 2 aromatic heterocycles. The van der Waals surface area contributed by atoms with Crippen LogP contribution in [0.25, 0.3) is 11.3 Å². The summed E-state index contributed by atoms with van der Waals surface area (Å²) in [4.78, 5) is 24.4. The van der Waals surface area contributed by atoms with E-state index in [1.165, 1.54) is 18.5 Å². The maximum absolute atomic E-state index is 13.3. The van der Waals surface area contributed by atoms with Gasteiger partial charge >= 0.3 is 6.18 Å². The van der Waals surface area contributed by atoms with Gasteiger partial charge in [-0.15, -0.1) is 0 Å². The van der Waals surface area contributed by atoms with Gasteiger partial charge in [-0.2, -0.15) is 17.5 Å². The van der Waals surface area contributed by atoms with E-state index in [0.717, 1.165) is 40.8 Å². The predicted octanol–water partition coefficient (Wildman–Crippen LogP) is 3.41.